The highest BCUT2D eigenvalue weighted by Gasteiger charge is 2.21. The van der Waals surface area contributed by atoms with Crippen LogP contribution in [0.15, 0.2) is 53.3 Å². The van der Waals surface area contributed by atoms with E-state index in [1.807, 2.05) is 37.3 Å². The molecule has 0 aliphatic carbocycles. The first-order valence-corrected chi connectivity index (χ1v) is 8.92. The molecule has 26 heavy (non-hydrogen) atoms. The molecule has 2 heterocycles. The minimum Gasteiger partial charge on any atom is -0.335 e. The summed E-state index contributed by atoms with van der Waals surface area (Å²) < 4.78 is 1.74. The Labute approximate surface area is 151 Å². The quantitative estimate of drug-likeness (QED) is 0.731. The standard InChI is InChI=1S/C21H21N3O2/c1-14(15-7-4-3-5-8-15)23(2)20(25)16-10-11-17-18(13-16)22-19-9-6-12-24(19)21(17)26/h3-5,7-8,10-11,13-14H,6,9,12H2,1-2H3/t14-/m1/s1. The number of benzene rings is 2. The number of rotatable bonds is 3. The van der Waals surface area contributed by atoms with Crippen molar-refractivity contribution in [3.63, 3.8) is 0 Å². The van der Waals surface area contributed by atoms with Crippen LogP contribution in [0.5, 0.6) is 0 Å². The summed E-state index contributed by atoms with van der Waals surface area (Å²) in [6.07, 6.45) is 1.76. The van der Waals surface area contributed by atoms with Gasteiger partial charge in [0, 0.05) is 25.6 Å². The average Bonchev–Trinajstić information content (AvgIpc) is 3.15. The van der Waals surface area contributed by atoms with E-state index in [9.17, 15) is 9.59 Å². The molecule has 2 aromatic carbocycles. The molecule has 132 valence electrons. The SMILES string of the molecule is C[C@H](c1ccccc1)N(C)C(=O)c1ccc2c(=O)n3c(nc2c1)CCC3. The summed E-state index contributed by atoms with van der Waals surface area (Å²) in [4.78, 5) is 31.8. The Balaban J connectivity index is 1.69. The van der Waals surface area contributed by atoms with Crippen molar-refractivity contribution in [2.75, 3.05) is 7.05 Å². The molecule has 0 bridgehead atoms. The first kappa shape index (κ1) is 16.5. The molecule has 3 aromatic rings. The molecule has 0 saturated heterocycles. The summed E-state index contributed by atoms with van der Waals surface area (Å²) in [6, 6.07) is 15.1. The molecule has 5 nitrogen and oxygen atoms in total. The van der Waals surface area contributed by atoms with Gasteiger partial charge in [0.15, 0.2) is 0 Å². The molecule has 0 radical (unpaired) electrons. The van der Waals surface area contributed by atoms with Gasteiger partial charge in [-0.1, -0.05) is 30.3 Å². The average molecular weight is 347 g/mol. The molecule has 1 aliphatic rings. The van der Waals surface area contributed by atoms with Crippen molar-refractivity contribution in [1.29, 1.82) is 0 Å². The second-order valence-corrected chi connectivity index (χ2v) is 6.82. The minimum absolute atomic E-state index is 0.00694. The minimum atomic E-state index is -0.0781. The van der Waals surface area contributed by atoms with Crippen LogP contribution < -0.4 is 5.56 Å². The number of amides is 1. The molecule has 4 rings (SSSR count). The first-order valence-electron chi connectivity index (χ1n) is 8.92. The second kappa shape index (κ2) is 6.41. The fourth-order valence-electron chi connectivity index (χ4n) is 3.55. The molecule has 0 spiro atoms. The third-order valence-electron chi connectivity index (χ3n) is 5.25. The van der Waals surface area contributed by atoms with Crippen molar-refractivity contribution < 1.29 is 4.79 Å². The van der Waals surface area contributed by atoms with Gasteiger partial charge in [0.1, 0.15) is 5.82 Å². The number of aryl methyl sites for hydroxylation is 1. The summed E-state index contributed by atoms with van der Waals surface area (Å²) in [5.41, 5.74) is 2.23. The van der Waals surface area contributed by atoms with Gasteiger partial charge in [0.2, 0.25) is 0 Å². The molecule has 1 atom stereocenters. The third kappa shape index (κ3) is 2.69. The van der Waals surface area contributed by atoms with Crippen molar-refractivity contribution in [2.45, 2.75) is 32.4 Å². The van der Waals surface area contributed by atoms with E-state index in [0.29, 0.717) is 16.5 Å². The molecule has 1 amide bonds. The van der Waals surface area contributed by atoms with Gasteiger partial charge in [0.05, 0.1) is 16.9 Å². The predicted octanol–water partition coefficient (Wildman–Crippen LogP) is 3.18. The maximum absolute atomic E-state index is 12.9. The molecule has 0 fully saturated rings. The Hall–Kier alpha value is -2.95. The predicted molar refractivity (Wildman–Crippen MR) is 101 cm³/mol. The second-order valence-electron chi connectivity index (χ2n) is 6.82. The summed E-state index contributed by atoms with van der Waals surface area (Å²) in [5.74, 6) is 0.740. The number of aromatic nitrogens is 2. The topological polar surface area (TPSA) is 55.2 Å². The Bertz CT molecular complexity index is 1040. The largest absolute Gasteiger partial charge is 0.335 e. The lowest BCUT2D eigenvalue weighted by Gasteiger charge is -2.25. The monoisotopic (exact) mass is 347 g/mol. The molecule has 5 heteroatoms. The van der Waals surface area contributed by atoms with E-state index in [2.05, 4.69) is 4.98 Å². The van der Waals surface area contributed by atoms with Crippen LogP contribution in [0.25, 0.3) is 10.9 Å². The lowest BCUT2D eigenvalue weighted by atomic mass is 10.1. The van der Waals surface area contributed by atoms with Gasteiger partial charge in [-0.05, 0) is 37.1 Å². The summed E-state index contributed by atoms with van der Waals surface area (Å²) in [5, 5.41) is 0.575. The van der Waals surface area contributed by atoms with E-state index < -0.39 is 0 Å². The number of nitrogens with zero attached hydrogens (tertiary/aromatic N) is 3. The fraction of sp³-hybridized carbons (Fsp3) is 0.286. The van der Waals surface area contributed by atoms with Crippen molar-refractivity contribution in [2.24, 2.45) is 0 Å². The third-order valence-corrected chi connectivity index (χ3v) is 5.25. The lowest BCUT2D eigenvalue weighted by Crippen LogP contribution is -2.29. The highest BCUT2D eigenvalue weighted by Crippen LogP contribution is 2.22. The number of hydrogen-bond acceptors (Lipinski definition) is 3. The van der Waals surface area contributed by atoms with Gasteiger partial charge in [-0.25, -0.2) is 4.98 Å². The number of fused-ring (bicyclic) bond motifs is 2. The lowest BCUT2D eigenvalue weighted by molar-refractivity contribution is 0.0743. The van der Waals surface area contributed by atoms with Crippen LogP contribution in [-0.4, -0.2) is 27.4 Å². The van der Waals surface area contributed by atoms with Gasteiger partial charge in [-0.15, -0.1) is 0 Å². The highest BCUT2D eigenvalue weighted by atomic mass is 16.2. The zero-order valence-electron chi connectivity index (χ0n) is 15.0. The van der Waals surface area contributed by atoms with Crippen molar-refractivity contribution in [1.82, 2.24) is 14.5 Å². The van der Waals surface area contributed by atoms with E-state index in [4.69, 9.17) is 0 Å². The highest BCUT2D eigenvalue weighted by molar-refractivity contribution is 5.97. The Morgan fingerprint density at radius 2 is 1.96 bits per heavy atom. The molecule has 0 N–H and O–H groups in total. The summed E-state index contributed by atoms with van der Waals surface area (Å²) in [7, 11) is 1.80. The fourth-order valence-corrected chi connectivity index (χ4v) is 3.55. The van der Waals surface area contributed by atoms with Gasteiger partial charge in [-0.3, -0.25) is 14.2 Å². The Kier molecular flexibility index (Phi) is 4.07. The maximum atomic E-state index is 12.9. The summed E-state index contributed by atoms with van der Waals surface area (Å²) >= 11 is 0. The maximum Gasteiger partial charge on any atom is 0.261 e. The van der Waals surface area contributed by atoms with Crippen LogP contribution in [-0.2, 0) is 13.0 Å². The van der Waals surface area contributed by atoms with Crippen molar-refractivity contribution in [3.05, 3.63) is 75.8 Å². The zero-order chi connectivity index (χ0) is 18.3. The van der Waals surface area contributed by atoms with Crippen LogP contribution in [0.4, 0.5) is 0 Å². The number of carbonyl (C=O) groups is 1. The number of hydrogen-bond donors (Lipinski definition) is 0. The first-order chi connectivity index (χ1) is 12.6. The van der Waals surface area contributed by atoms with E-state index in [1.165, 1.54) is 0 Å². The Morgan fingerprint density at radius 1 is 1.19 bits per heavy atom. The molecule has 1 aromatic heterocycles. The zero-order valence-corrected chi connectivity index (χ0v) is 15.0. The van der Waals surface area contributed by atoms with Crippen molar-refractivity contribution in [3.8, 4) is 0 Å². The van der Waals surface area contributed by atoms with E-state index >= 15 is 0 Å². The van der Waals surface area contributed by atoms with Crippen LogP contribution in [0, 0.1) is 0 Å². The smallest absolute Gasteiger partial charge is 0.261 e. The van der Waals surface area contributed by atoms with Crippen LogP contribution in [0.3, 0.4) is 0 Å². The molecular weight excluding hydrogens is 326 g/mol. The van der Waals surface area contributed by atoms with Gasteiger partial charge < -0.3 is 4.90 Å². The van der Waals surface area contributed by atoms with Gasteiger partial charge in [-0.2, -0.15) is 0 Å². The molecule has 0 saturated carbocycles. The van der Waals surface area contributed by atoms with Gasteiger partial charge >= 0.3 is 0 Å². The van der Waals surface area contributed by atoms with E-state index in [-0.39, 0.29) is 17.5 Å². The normalized spacial score (nSPS) is 14.2. The van der Waals surface area contributed by atoms with Crippen LogP contribution in [0.1, 0.15) is 41.1 Å². The van der Waals surface area contributed by atoms with E-state index in [0.717, 1.165) is 30.8 Å². The number of carbonyl (C=O) groups excluding carboxylic acids is 1. The molecule has 0 unspecified atom stereocenters. The summed E-state index contributed by atoms with van der Waals surface area (Å²) in [6.45, 7) is 2.74. The van der Waals surface area contributed by atoms with Crippen molar-refractivity contribution >= 4 is 16.8 Å². The van der Waals surface area contributed by atoms with Crippen LogP contribution in [0.2, 0.25) is 0 Å². The van der Waals surface area contributed by atoms with E-state index in [1.54, 1.807) is 34.7 Å². The van der Waals surface area contributed by atoms with Crippen LogP contribution >= 0.6 is 0 Å². The molecular formula is C21H21N3O2. The van der Waals surface area contributed by atoms with Gasteiger partial charge in [0.25, 0.3) is 11.5 Å². The molecule has 1 aliphatic heterocycles. The Morgan fingerprint density at radius 3 is 2.73 bits per heavy atom.